The van der Waals surface area contributed by atoms with Crippen LogP contribution in [0.15, 0.2) is 42.5 Å². The number of carbonyl (C=O) groups excluding carboxylic acids is 2. The molecule has 9 heteroatoms. The van der Waals surface area contributed by atoms with Gasteiger partial charge in [-0.3, -0.25) is 4.79 Å². The minimum absolute atomic E-state index is 0.0796. The SMILES string of the molecule is COc1cc([C@@H]2NC(=O)c3c(sc4c3CCN(C)C4)N2)ccc1OC(=O)c1ccccc1Cl. The molecule has 170 valence electrons. The predicted molar refractivity (Wildman–Crippen MR) is 128 cm³/mol. The summed E-state index contributed by atoms with van der Waals surface area (Å²) in [6, 6.07) is 11.9. The number of amides is 1. The van der Waals surface area contributed by atoms with Crippen LogP contribution in [-0.2, 0) is 13.0 Å². The van der Waals surface area contributed by atoms with E-state index in [1.54, 1.807) is 53.8 Å². The van der Waals surface area contributed by atoms with Crippen LogP contribution in [0, 0.1) is 0 Å². The first-order valence-corrected chi connectivity index (χ1v) is 11.7. The van der Waals surface area contributed by atoms with Crippen molar-refractivity contribution >= 4 is 39.8 Å². The van der Waals surface area contributed by atoms with Crippen molar-refractivity contribution in [2.75, 3.05) is 26.0 Å². The molecule has 0 unspecified atom stereocenters. The summed E-state index contributed by atoms with van der Waals surface area (Å²) in [5, 5.41) is 7.69. The van der Waals surface area contributed by atoms with Crippen molar-refractivity contribution < 1.29 is 19.1 Å². The highest BCUT2D eigenvalue weighted by Crippen LogP contribution is 2.41. The lowest BCUT2D eigenvalue weighted by Crippen LogP contribution is -2.38. The molecule has 1 amide bonds. The molecule has 33 heavy (non-hydrogen) atoms. The van der Waals surface area contributed by atoms with Gasteiger partial charge in [0.1, 0.15) is 11.2 Å². The summed E-state index contributed by atoms with van der Waals surface area (Å²) in [5.41, 5.74) is 2.96. The Morgan fingerprint density at radius 1 is 1.18 bits per heavy atom. The number of likely N-dealkylation sites (N-methyl/N-ethyl adjacent to an activating group) is 1. The number of methoxy groups -OCH3 is 1. The summed E-state index contributed by atoms with van der Waals surface area (Å²) in [7, 11) is 3.59. The molecular formula is C24H22ClN3O4S. The zero-order valence-electron chi connectivity index (χ0n) is 18.1. The molecule has 0 radical (unpaired) electrons. The van der Waals surface area contributed by atoms with Gasteiger partial charge in [0.15, 0.2) is 11.5 Å². The Bertz CT molecular complexity index is 1260. The Labute approximate surface area is 200 Å². The van der Waals surface area contributed by atoms with Gasteiger partial charge in [0, 0.05) is 18.0 Å². The van der Waals surface area contributed by atoms with Crippen molar-refractivity contribution in [3.05, 3.63) is 74.6 Å². The number of thiophene rings is 1. The molecule has 0 saturated carbocycles. The van der Waals surface area contributed by atoms with Crippen LogP contribution in [0.4, 0.5) is 5.00 Å². The highest BCUT2D eigenvalue weighted by atomic mass is 35.5. The van der Waals surface area contributed by atoms with E-state index in [0.29, 0.717) is 10.8 Å². The summed E-state index contributed by atoms with van der Waals surface area (Å²) in [6.45, 7) is 1.80. The Morgan fingerprint density at radius 3 is 2.79 bits per heavy atom. The molecule has 0 saturated heterocycles. The standard InChI is InChI=1S/C24H22ClN3O4S/c1-28-10-9-15-19(12-28)33-23-20(15)22(29)26-21(27-23)13-7-8-17(18(11-13)31-2)32-24(30)14-5-3-4-6-16(14)25/h3-8,11,21,27H,9-10,12H2,1-2H3,(H,26,29)/t21-/m1/s1. The Hall–Kier alpha value is -3.07. The van der Waals surface area contributed by atoms with Crippen molar-refractivity contribution in [1.82, 2.24) is 10.2 Å². The Morgan fingerprint density at radius 2 is 2.00 bits per heavy atom. The van der Waals surface area contributed by atoms with Gasteiger partial charge in [-0.05, 0) is 48.9 Å². The van der Waals surface area contributed by atoms with Crippen LogP contribution in [0.1, 0.15) is 42.9 Å². The Kier molecular flexibility index (Phi) is 5.74. The first kappa shape index (κ1) is 21.8. The highest BCUT2D eigenvalue weighted by molar-refractivity contribution is 7.16. The molecule has 3 heterocycles. The van der Waals surface area contributed by atoms with E-state index in [9.17, 15) is 9.59 Å². The van der Waals surface area contributed by atoms with E-state index < -0.39 is 12.1 Å². The number of ether oxygens (including phenoxy) is 2. The minimum atomic E-state index is -0.575. The topological polar surface area (TPSA) is 79.9 Å². The van der Waals surface area contributed by atoms with Gasteiger partial charge in [-0.2, -0.15) is 0 Å². The van der Waals surface area contributed by atoms with E-state index in [1.165, 1.54) is 12.0 Å². The molecule has 5 rings (SSSR count). The number of carbonyl (C=O) groups is 2. The van der Waals surface area contributed by atoms with Crippen LogP contribution in [-0.4, -0.2) is 37.5 Å². The molecule has 0 aliphatic carbocycles. The zero-order valence-corrected chi connectivity index (χ0v) is 19.7. The second-order valence-corrected chi connectivity index (χ2v) is 9.54. The molecule has 1 aromatic heterocycles. The number of benzene rings is 2. The summed E-state index contributed by atoms with van der Waals surface area (Å²) in [5.74, 6) is -0.0102. The van der Waals surface area contributed by atoms with E-state index in [4.69, 9.17) is 21.1 Å². The van der Waals surface area contributed by atoms with Gasteiger partial charge in [0.2, 0.25) is 0 Å². The molecule has 3 aromatic rings. The smallest absolute Gasteiger partial charge is 0.345 e. The van der Waals surface area contributed by atoms with Crippen LogP contribution in [0.3, 0.4) is 0 Å². The third kappa shape index (κ3) is 4.06. The van der Waals surface area contributed by atoms with E-state index in [2.05, 4.69) is 22.6 Å². The average molecular weight is 484 g/mol. The minimum Gasteiger partial charge on any atom is -0.493 e. The normalized spacial score (nSPS) is 17.4. The fraction of sp³-hybridized carbons (Fsp3) is 0.250. The number of rotatable bonds is 4. The van der Waals surface area contributed by atoms with Crippen molar-refractivity contribution in [1.29, 1.82) is 0 Å². The number of fused-ring (bicyclic) bond motifs is 3. The fourth-order valence-corrected chi connectivity index (χ4v) is 5.71. The fourth-order valence-electron chi connectivity index (χ4n) is 4.14. The van der Waals surface area contributed by atoms with Crippen LogP contribution in [0.5, 0.6) is 11.5 Å². The number of nitrogens with zero attached hydrogens (tertiary/aromatic N) is 1. The zero-order chi connectivity index (χ0) is 23.1. The molecule has 0 fully saturated rings. The van der Waals surface area contributed by atoms with Gasteiger partial charge in [-0.15, -0.1) is 11.3 Å². The maximum Gasteiger partial charge on any atom is 0.345 e. The van der Waals surface area contributed by atoms with Gasteiger partial charge >= 0.3 is 5.97 Å². The van der Waals surface area contributed by atoms with Gasteiger partial charge in [-0.25, -0.2) is 4.79 Å². The number of anilines is 1. The number of nitrogens with one attached hydrogen (secondary N) is 2. The van der Waals surface area contributed by atoms with E-state index >= 15 is 0 Å². The molecule has 2 aliphatic rings. The number of halogens is 1. The maximum atomic E-state index is 13.0. The lowest BCUT2D eigenvalue weighted by molar-refractivity contribution is 0.0729. The molecule has 2 aromatic carbocycles. The predicted octanol–water partition coefficient (Wildman–Crippen LogP) is 4.47. The highest BCUT2D eigenvalue weighted by Gasteiger charge is 2.33. The molecular weight excluding hydrogens is 462 g/mol. The number of esters is 1. The largest absolute Gasteiger partial charge is 0.493 e. The Balaban J connectivity index is 1.39. The molecule has 7 nitrogen and oxygen atoms in total. The van der Waals surface area contributed by atoms with Crippen molar-refractivity contribution in [2.45, 2.75) is 19.1 Å². The lowest BCUT2D eigenvalue weighted by atomic mass is 10.0. The van der Waals surface area contributed by atoms with E-state index in [-0.39, 0.29) is 17.2 Å². The molecule has 0 bridgehead atoms. The second kappa shape index (κ2) is 8.70. The summed E-state index contributed by atoms with van der Waals surface area (Å²) < 4.78 is 11.0. The average Bonchev–Trinajstić information content (AvgIpc) is 3.17. The summed E-state index contributed by atoms with van der Waals surface area (Å²) >= 11 is 7.74. The second-order valence-electron chi connectivity index (χ2n) is 8.03. The van der Waals surface area contributed by atoms with Gasteiger partial charge in [0.25, 0.3) is 5.91 Å². The molecule has 2 aliphatic heterocycles. The van der Waals surface area contributed by atoms with Gasteiger partial charge in [0.05, 0.1) is 23.3 Å². The van der Waals surface area contributed by atoms with Crippen LogP contribution in [0.2, 0.25) is 5.02 Å². The molecule has 1 atom stereocenters. The third-order valence-corrected chi connectivity index (χ3v) is 7.32. The van der Waals surface area contributed by atoms with Crippen molar-refractivity contribution in [3.8, 4) is 11.5 Å². The first-order chi connectivity index (χ1) is 15.9. The maximum absolute atomic E-state index is 13.0. The lowest BCUT2D eigenvalue weighted by Gasteiger charge is -2.27. The van der Waals surface area contributed by atoms with Gasteiger partial charge < -0.3 is 25.0 Å². The van der Waals surface area contributed by atoms with E-state index in [0.717, 1.165) is 41.2 Å². The van der Waals surface area contributed by atoms with Crippen LogP contribution in [0.25, 0.3) is 0 Å². The molecule has 2 N–H and O–H groups in total. The summed E-state index contributed by atoms with van der Waals surface area (Å²) in [6.07, 6.45) is 0.446. The van der Waals surface area contributed by atoms with Crippen LogP contribution >= 0.6 is 22.9 Å². The van der Waals surface area contributed by atoms with Crippen molar-refractivity contribution in [3.63, 3.8) is 0 Å². The molecule has 0 spiro atoms. The summed E-state index contributed by atoms with van der Waals surface area (Å²) in [4.78, 5) is 29.0. The van der Waals surface area contributed by atoms with Crippen LogP contribution < -0.4 is 20.1 Å². The first-order valence-electron chi connectivity index (χ1n) is 10.5. The monoisotopic (exact) mass is 483 g/mol. The number of hydrogen-bond donors (Lipinski definition) is 2. The third-order valence-electron chi connectivity index (χ3n) is 5.84. The van der Waals surface area contributed by atoms with Gasteiger partial charge in [-0.1, -0.05) is 29.8 Å². The van der Waals surface area contributed by atoms with E-state index in [1.807, 2.05) is 0 Å². The van der Waals surface area contributed by atoms with Crippen molar-refractivity contribution in [2.24, 2.45) is 0 Å². The number of hydrogen-bond acceptors (Lipinski definition) is 7. The quantitative estimate of drug-likeness (QED) is 0.421.